The number of amides is 1. The van der Waals surface area contributed by atoms with Crippen molar-refractivity contribution in [3.8, 4) is 11.5 Å². The minimum atomic E-state index is -1.45. The summed E-state index contributed by atoms with van der Waals surface area (Å²) in [6.07, 6.45) is 0. The Morgan fingerprint density at radius 3 is 2.38 bits per heavy atom. The molecule has 132 valence electrons. The number of phenolic OH excluding ortho intramolecular Hbond substituents is 1. The Labute approximate surface area is 149 Å². The molecule has 0 spiro atoms. The largest absolute Gasteiger partial charge is 0.548 e. The zero-order valence-electron chi connectivity index (χ0n) is 13.7. The van der Waals surface area contributed by atoms with Crippen LogP contribution in [0.25, 0.3) is 10.8 Å². The van der Waals surface area contributed by atoms with Crippen molar-refractivity contribution in [3.05, 3.63) is 72.3 Å². The lowest BCUT2D eigenvalue weighted by atomic mass is 10.1. The number of carbonyl (C=O) groups excluding carboxylic acids is 2. The monoisotopic (exact) mass is 350 g/mol. The number of carboxylic acid groups (broad SMARTS) is 1. The number of hydrogen-bond donors (Lipinski definition) is 2. The lowest BCUT2D eigenvalue weighted by Crippen LogP contribution is -2.42. The molecule has 3 aromatic rings. The van der Waals surface area contributed by atoms with Crippen molar-refractivity contribution < 1.29 is 24.5 Å². The van der Waals surface area contributed by atoms with E-state index in [1.165, 1.54) is 24.3 Å². The molecule has 26 heavy (non-hydrogen) atoms. The predicted molar refractivity (Wildman–Crippen MR) is 93.4 cm³/mol. The highest BCUT2D eigenvalue weighted by atomic mass is 16.5. The van der Waals surface area contributed by atoms with Crippen molar-refractivity contribution in [2.45, 2.75) is 6.04 Å². The smallest absolute Gasteiger partial charge is 0.258 e. The number of nitrogens with one attached hydrogen (secondary N) is 1. The van der Waals surface area contributed by atoms with Gasteiger partial charge in [0, 0.05) is 0 Å². The average molecular weight is 350 g/mol. The van der Waals surface area contributed by atoms with Crippen LogP contribution in [0, 0.1) is 0 Å². The third-order valence-corrected chi connectivity index (χ3v) is 3.86. The standard InChI is InChI=1S/C20H17NO5/c22-16-8-5-14(6-9-16)19(20(24)25)21-18(23)12-26-17-10-7-13-3-1-2-4-15(13)11-17/h1-11,19,22H,12H2,(H,21,23)(H,24,25)/p-1/t19-/m1/s1. The van der Waals surface area contributed by atoms with Gasteiger partial charge in [-0.1, -0.05) is 42.5 Å². The number of rotatable bonds is 6. The summed E-state index contributed by atoms with van der Waals surface area (Å²) >= 11 is 0. The van der Waals surface area contributed by atoms with Crippen LogP contribution in [0.2, 0.25) is 0 Å². The van der Waals surface area contributed by atoms with Crippen LogP contribution in [0.15, 0.2) is 66.7 Å². The lowest BCUT2D eigenvalue weighted by molar-refractivity contribution is -0.308. The van der Waals surface area contributed by atoms with Gasteiger partial charge in [-0.05, 0) is 40.6 Å². The van der Waals surface area contributed by atoms with E-state index in [4.69, 9.17) is 4.74 Å². The minimum Gasteiger partial charge on any atom is -0.548 e. The van der Waals surface area contributed by atoms with Gasteiger partial charge >= 0.3 is 0 Å². The summed E-state index contributed by atoms with van der Waals surface area (Å²) < 4.78 is 5.45. The Kier molecular flexibility index (Phi) is 5.03. The summed E-state index contributed by atoms with van der Waals surface area (Å²) in [7, 11) is 0. The van der Waals surface area contributed by atoms with Crippen LogP contribution in [-0.2, 0) is 9.59 Å². The quantitative estimate of drug-likeness (QED) is 0.702. The first kappa shape index (κ1) is 17.3. The molecular formula is C20H16NO5-. The molecule has 6 heteroatoms. The zero-order valence-corrected chi connectivity index (χ0v) is 13.7. The van der Waals surface area contributed by atoms with Crippen molar-refractivity contribution in [2.75, 3.05) is 6.61 Å². The van der Waals surface area contributed by atoms with Crippen molar-refractivity contribution in [1.82, 2.24) is 5.32 Å². The number of phenols is 1. The average Bonchev–Trinajstić information content (AvgIpc) is 2.65. The molecule has 0 unspecified atom stereocenters. The molecule has 3 rings (SSSR count). The molecule has 0 aliphatic rings. The molecule has 1 amide bonds. The fourth-order valence-electron chi connectivity index (χ4n) is 2.55. The van der Waals surface area contributed by atoms with E-state index in [-0.39, 0.29) is 12.4 Å². The van der Waals surface area contributed by atoms with Crippen molar-refractivity contribution in [2.24, 2.45) is 0 Å². The SMILES string of the molecule is O=C(COc1ccc2ccccc2c1)N[C@@H](C(=O)[O-])c1ccc(O)cc1. The highest BCUT2D eigenvalue weighted by Crippen LogP contribution is 2.21. The van der Waals surface area contributed by atoms with E-state index in [0.717, 1.165) is 10.8 Å². The second kappa shape index (κ2) is 7.57. The van der Waals surface area contributed by atoms with Gasteiger partial charge in [0.1, 0.15) is 11.5 Å². The molecule has 0 saturated heterocycles. The van der Waals surface area contributed by atoms with Gasteiger partial charge in [0.25, 0.3) is 5.91 Å². The van der Waals surface area contributed by atoms with Crippen LogP contribution in [-0.4, -0.2) is 23.6 Å². The molecule has 0 aromatic heterocycles. The maximum atomic E-state index is 12.1. The van der Waals surface area contributed by atoms with Gasteiger partial charge in [-0.15, -0.1) is 0 Å². The van der Waals surface area contributed by atoms with E-state index in [1.807, 2.05) is 30.3 Å². The van der Waals surface area contributed by atoms with Crippen LogP contribution in [0.5, 0.6) is 11.5 Å². The number of aromatic hydroxyl groups is 1. The first-order valence-electron chi connectivity index (χ1n) is 7.94. The summed E-state index contributed by atoms with van der Waals surface area (Å²) in [6.45, 7) is -0.333. The van der Waals surface area contributed by atoms with Crippen LogP contribution >= 0.6 is 0 Å². The molecule has 0 saturated carbocycles. The summed E-state index contributed by atoms with van der Waals surface area (Å²) in [6, 6.07) is 17.3. The van der Waals surface area contributed by atoms with Gasteiger partial charge in [0.15, 0.2) is 6.61 Å². The third kappa shape index (κ3) is 4.10. The van der Waals surface area contributed by atoms with Crippen LogP contribution < -0.4 is 15.2 Å². The number of benzene rings is 3. The second-order valence-corrected chi connectivity index (χ2v) is 5.71. The first-order valence-corrected chi connectivity index (χ1v) is 7.94. The van der Waals surface area contributed by atoms with Crippen molar-refractivity contribution in [1.29, 1.82) is 0 Å². The van der Waals surface area contributed by atoms with Gasteiger partial charge in [0.2, 0.25) is 0 Å². The highest BCUT2D eigenvalue weighted by Gasteiger charge is 2.16. The Morgan fingerprint density at radius 2 is 1.69 bits per heavy atom. The summed E-state index contributed by atoms with van der Waals surface area (Å²) in [5.74, 6) is -1.54. The van der Waals surface area contributed by atoms with Crippen LogP contribution in [0.4, 0.5) is 0 Å². The number of ether oxygens (including phenoxy) is 1. The van der Waals surface area contributed by atoms with Gasteiger partial charge in [-0.2, -0.15) is 0 Å². The molecule has 2 N–H and O–H groups in total. The molecule has 6 nitrogen and oxygen atoms in total. The predicted octanol–water partition coefficient (Wildman–Crippen LogP) is 1.53. The van der Waals surface area contributed by atoms with Gasteiger partial charge in [-0.25, -0.2) is 0 Å². The van der Waals surface area contributed by atoms with E-state index in [1.54, 1.807) is 12.1 Å². The Balaban J connectivity index is 1.64. The number of aliphatic carboxylic acids is 1. The van der Waals surface area contributed by atoms with Gasteiger partial charge in [-0.3, -0.25) is 4.79 Å². The van der Waals surface area contributed by atoms with Gasteiger partial charge < -0.3 is 25.1 Å². The third-order valence-electron chi connectivity index (χ3n) is 3.86. The summed E-state index contributed by atoms with van der Waals surface area (Å²) in [4.78, 5) is 23.4. The Morgan fingerprint density at radius 1 is 1.00 bits per heavy atom. The number of hydrogen-bond acceptors (Lipinski definition) is 5. The van der Waals surface area contributed by atoms with Crippen molar-refractivity contribution in [3.63, 3.8) is 0 Å². The van der Waals surface area contributed by atoms with E-state index < -0.39 is 17.9 Å². The van der Waals surface area contributed by atoms with E-state index in [2.05, 4.69) is 5.32 Å². The van der Waals surface area contributed by atoms with Crippen LogP contribution in [0.1, 0.15) is 11.6 Å². The Hall–Kier alpha value is -3.54. The topological polar surface area (TPSA) is 98.7 Å². The molecule has 0 fully saturated rings. The molecule has 0 radical (unpaired) electrons. The molecule has 0 heterocycles. The first-order chi connectivity index (χ1) is 12.5. The van der Waals surface area contributed by atoms with Crippen LogP contribution in [0.3, 0.4) is 0 Å². The number of fused-ring (bicyclic) bond motifs is 1. The minimum absolute atomic E-state index is 0.00295. The van der Waals surface area contributed by atoms with Crippen molar-refractivity contribution >= 4 is 22.6 Å². The normalized spacial score (nSPS) is 11.7. The molecule has 0 bridgehead atoms. The van der Waals surface area contributed by atoms with E-state index in [0.29, 0.717) is 11.3 Å². The highest BCUT2D eigenvalue weighted by molar-refractivity contribution is 5.85. The lowest BCUT2D eigenvalue weighted by Gasteiger charge is -2.20. The number of carboxylic acids is 1. The molecular weight excluding hydrogens is 334 g/mol. The summed E-state index contributed by atoms with van der Waals surface area (Å²) in [5, 5.41) is 25.0. The molecule has 0 aliphatic heterocycles. The fraction of sp³-hybridized carbons (Fsp3) is 0.100. The molecule has 0 aliphatic carbocycles. The maximum Gasteiger partial charge on any atom is 0.258 e. The van der Waals surface area contributed by atoms with E-state index in [9.17, 15) is 19.8 Å². The molecule has 3 aromatic carbocycles. The molecule has 1 atom stereocenters. The number of carbonyl (C=O) groups is 2. The second-order valence-electron chi connectivity index (χ2n) is 5.71. The Bertz CT molecular complexity index is 936. The maximum absolute atomic E-state index is 12.1. The fourth-order valence-corrected chi connectivity index (χ4v) is 2.55. The zero-order chi connectivity index (χ0) is 18.5. The van der Waals surface area contributed by atoms with Gasteiger partial charge in [0.05, 0.1) is 12.0 Å². The summed E-state index contributed by atoms with van der Waals surface area (Å²) in [5.41, 5.74) is 0.293. The van der Waals surface area contributed by atoms with E-state index >= 15 is 0 Å².